The van der Waals surface area contributed by atoms with E-state index in [1.54, 1.807) is 13.8 Å². The van der Waals surface area contributed by atoms with Crippen LogP contribution in [0.25, 0.3) is 0 Å². The maximum absolute atomic E-state index is 11.9. The van der Waals surface area contributed by atoms with Gasteiger partial charge in [-0.05, 0) is 38.5 Å². The molecular formula is C14H21BrN2O3S. The molecule has 0 aliphatic rings. The average Bonchev–Trinajstić information content (AvgIpc) is 2.32. The van der Waals surface area contributed by atoms with Crippen LogP contribution in [-0.4, -0.2) is 37.5 Å². The lowest BCUT2D eigenvalue weighted by molar-refractivity contribution is -0.116. The first kappa shape index (κ1) is 18.1. The maximum Gasteiger partial charge on any atom is 0.225 e. The van der Waals surface area contributed by atoms with Gasteiger partial charge in [0.1, 0.15) is 0 Å². The zero-order valence-corrected chi connectivity index (χ0v) is 15.1. The monoisotopic (exact) mass is 376 g/mol. The molecular weight excluding hydrogens is 356 g/mol. The number of halogens is 1. The number of rotatable bonds is 6. The number of benzene rings is 1. The Morgan fingerprint density at radius 3 is 2.48 bits per heavy atom. The van der Waals surface area contributed by atoms with Crippen molar-refractivity contribution in [1.82, 2.24) is 4.31 Å². The van der Waals surface area contributed by atoms with Gasteiger partial charge in [0.05, 0.1) is 6.26 Å². The van der Waals surface area contributed by atoms with Gasteiger partial charge in [-0.3, -0.25) is 4.79 Å². The van der Waals surface area contributed by atoms with Crippen LogP contribution in [0.15, 0.2) is 22.7 Å². The Hall–Kier alpha value is -0.920. The van der Waals surface area contributed by atoms with Gasteiger partial charge < -0.3 is 5.32 Å². The van der Waals surface area contributed by atoms with Crippen LogP contribution in [0.5, 0.6) is 0 Å². The van der Waals surface area contributed by atoms with Crippen LogP contribution in [0.3, 0.4) is 0 Å². The van der Waals surface area contributed by atoms with Crippen LogP contribution >= 0.6 is 15.9 Å². The number of sulfonamides is 1. The minimum Gasteiger partial charge on any atom is -0.326 e. The highest BCUT2D eigenvalue weighted by Crippen LogP contribution is 2.20. The van der Waals surface area contributed by atoms with E-state index in [1.807, 2.05) is 25.1 Å². The molecule has 1 N–H and O–H groups in total. The molecule has 21 heavy (non-hydrogen) atoms. The fourth-order valence-electron chi connectivity index (χ4n) is 1.91. The first-order chi connectivity index (χ1) is 9.61. The van der Waals surface area contributed by atoms with E-state index in [0.717, 1.165) is 16.3 Å². The van der Waals surface area contributed by atoms with Crippen molar-refractivity contribution in [3.05, 3.63) is 28.2 Å². The molecule has 0 saturated carbocycles. The Kier molecular flexibility index (Phi) is 6.37. The molecule has 5 nitrogen and oxygen atoms in total. The lowest BCUT2D eigenvalue weighted by Crippen LogP contribution is -2.38. The number of nitrogens with one attached hydrogen (secondary N) is 1. The lowest BCUT2D eigenvalue weighted by Gasteiger charge is -2.23. The summed E-state index contributed by atoms with van der Waals surface area (Å²) in [4.78, 5) is 11.9. The molecule has 0 heterocycles. The zero-order valence-electron chi connectivity index (χ0n) is 12.7. The SMILES string of the molecule is Cc1ccc(NC(=O)CCN(C(C)C)S(C)(=O)=O)cc1Br. The standard InChI is InChI=1S/C14H21BrN2O3S/c1-10(2)17(21(4,19)20)8-7-14(18)16-12-6-5-11(3)13(15)9-12/h5-6,9-10H,7-8H2,1-4H3,(H,16,18). The number of aryl methyl sites for hydroxylation is 1. The Morgan fingerprint density at radius 2 is 2.00 bits per heavy atom. The molecule has 0 radical (unpaired) electrons. The molecule has 0 fully saturated rings. The Morgan fingerprint density at radius 1 is 1.38 bits per heavy atom. The molecule has 1 amide bonds. The van der Waals surface area contributed by atoms with Gasteiger partial charge in [-0.2, -0.15) is 4.31 Å². The lowest BCUT2D eigenvalue weighted by atomic mass is 10.2. The largest absolute Gasteiger partial charge is 0.326 e. The Bertz CT molecular complexity index is 615. The van der Waals surface area contributed by atoms with Crippen LogP contribution in [0.2, 0.25) is 0 Å². The van der Waals surface area contributed by atoms with E-state index in [4.69, 9.17) is 0 Å². The highest BCUT2D eigenvalue weighted by atomic mass is 79.9. The van der Waals surface area contributed by atoms with E-state index in [1.165, 1.54) is 4.31 Å². The highest BCUT2D eigenvalue weighted by Gasteiger charge is 2.20. The average molecular weight is 377 g/mol. The molecule has 0 unspecified atom stereocenters. The van der Waals surface area contributed by atoms with E-state index in [-0.39, 0.29) is 24.9 Å². The highest BCUT2D eigenvalue weighted by molar-refractivity contribution is 9.10. The Balaban J connectivity index is 2.63. The van der Waals surface area contributed by atoms with Crippen LogP contribution in [-0.2, 0) is 14.8 Å². The zero-order chi connectivity index (χ0) is 16.2. The predicted molar refractivity (Wildman–Crippen MR) is 88.8 cm³/mol. The van der Waals surface area contributed by atoms with Gasteiger partial charge in [0.15, 0.2) is 0 Å². The summed E-state index contributed by atoms with van der Waals surface area (Å²) in [5.41, 5.74) is 1.77. The van der Waals surface area contributed by atoms with Crippen molar-refractivity contribution in [3.63, 3.8) is 0 Å². The normalized spacial score (nSPS) is 12.0. The van der Waals surface area contributed by atoms with Crippen LogP contribution < -0.4 is 5.32 Å². The second kappa shape index (κ2) is 7.38. The summed E-state index contributed by atoms with van der Waals surface area (Å²) in [6.45, 7) is 5.71. The molecule has 0 atom stereocenters. The number of carbonyl (C=O) groups excluding carboxylic acids is 1. The van der Waals surface area contributed by atoms with Crippen molar-refractivity contribution >= 4 is 37.5 Å². The number of anilines is 1. The molecule has 118 valence electrons. The minimum atomic E-state index is -3.30. The number of carbonyl (C=O) groups is 1. The van der Waals surface area contributed by atoms with Crippen molar-refractivity contribution in [2.45, 2.75) is 33.2 Å². The molecule has 0 spiro atoms. The van der Waals surface area contributed by atoms with Gasteiger partial charge in [0.25, 0.3) is 0 Å². The number of hydrogen-bond donors (Lipinski definition) is 1. The van der Waals surface area contributed by atoms with Crippen molar-refractivity contribution < 1.29 is 13.2 Å². The van der Waals surface area contributed by atoms with Crippen molar-refractivity contribution in [2.75, 3.05) is 18.1 Å². The second-order valence-corrected chi connectivity index (χ2v) is 8.02. The van der Waals surface area contributed by atoms with Crippen molar-refractivity contribution in [1.29, 1.82) is 0 Å². The van der Waals surface area contributed by atoms with E-state index < -0.39 is 10.0 Å². The summed E-state index contributed by atoms with van der Waals surface area (Å²) in [5.74, 6) is -0.208. The maximum atomic E-state index is 11.9. The third-order valence-electron chi connectivity index (χ3n) is 3.02. The van der Waals surface area contributed by atoms with Gasteiger partial charge in [-0.25, -0.2) is 8.42 Å². The fraction of sp³-hybridized carbons (Fsp3) is 0.500. The van der Waals surface area contributed by atoms with E-state index in [9.17, 15) is 13.2 Å². The third-order valence-corrected chi connectivity index (χ3v) is 5.33. The van der Waals surface area contributed by atoms with Crippen molar-refractivity contribution in [2.24, 2.45) is 0 Å². The number of amides is 1. The van der Waals surface area contributed by atoms with Crippen molar-refractivity contribution in [3.8, 4) is 0 Å². The predicted octanol–water partition coefficient (Wildman–Crippen LogP) is 2.76. The fourth-order valence-corrected chi connectivity index (χ4v) is 3.48. The Labute approximate surface area is 134 Å². The number of hydrogen-bond acceptors (Lipinski definition) is 3. The molecule has 1 rings (SSSR count). The van der Waals surface area contributed by atoms with E-state index in [2.05, 4.69) is 21.2 Å². The summed E-state index contributed by atoms with van der Waals surface area (Å²) < 4.78 is 25.5. The van der Waals surface area contributed by atoms with Gasteiger partial charge in [-0.1, -0.05) is 22.0 Å². The summed E-state index contributed by atoms with van der Waals surface area (Å²) in [7, 11) is -3.30. The first-order valence-corrected chi connectivity index (χ1v) is 9.28. The van der Waals surface area contributed by atoms with Crippen LogP contribution in [0.1, 0.15) is 25.8 Å². The molecule has 0 bridgehead atoms. The quantitative estimate of drug-likeness (QED) is 0.829. The summed E-state index contributed by atoms with van der Waals surface area (Å²) in [6, 6.07) is 5.37. The van der Waals surface area contributed by atoms with Crippen LogP contribution in [0.4, 0.5) is 5.69 Å². The number of nitrogens with zero attached hydrogens (tertiary/aromatic N) is 1. The smallest absolute Gasteiger partial charge is 0.225 e. The summed E-state index contributed by atoms with van der Waals surface area (Å²) in [5, 5.41) is 2.77. The first-order valence-electron chi connectivity index (χ1n) is 6.64. The molecule has 1 aromatic rings. The van der Waals surface area contributed by atoms with E-state index in [0.29, 0.717) is 5.69 Å². The van der Waals surface area contributed by atoms with Gasteiger partial charge in [0.2, 0.25) is 15.9 Å². The third kappa shape index (κ3) is 5.76. The summed E-state index contributed by atoms with van der Waals surface area (Å²) in [6.07, 6.45) is 1.28. The molecule has 0 aliphatic carbocycles. The molecule has 0 saturated heterocycles. The van der Waals surface area contributed by atoms with Crippen LogP contribution in [0, 0.1) is 6.92 Å². The molecule has 7 heteroatoms. The van der Waals surface area contributed by atoms with Gasteiger partial charge in [-0.15, -0.1) is 0 Å². The molecule has 0 aromatic heterocycles. The molecule has 1 aromatic carbocycles. The summed E-state index contributed by atoms with van der Waals surface area (Å²) >= 11 is 3.40. The molecule has 0 aliphatic heterocycles. The second-order valence-electron chi connectivity index (χ2n) is 5.23. The van der Waals surface area contributed by atoms with E-state index >= 15 is 0 Å². The minimum absolute atomic E-state index is 0.122. The van der Waals surface area contributed by atoms with Gasteiger partial charge in [0, 0.05) is 29.2 Å². The van der Waals surface area contributed by atoms with Gasteiger partial charge >= 0.3 is 0 Å². The topological polar surface area (TPSA) is 66.5 Å².